The summed E-state index contributed by atoms with van der Waals surface area (Å²) in [6.07, 6.45) is 7.94. The number of ether oxygens (including phenoxy) is 4. The summed E-state index contributed by atoms with van der Waals surface area (Å²) in [5.41, 5.74) is 4.06. The van der Waals surface area contributed by atoms with Gasteiger partial charge in [-0.1, -0.05) is 47.5 Å². The van der Waals surface area contributed by atoms with Crippen LogP contribution >= 0.6 is 58.0 Å². The van der Waals surface area contributed by atoms with Crippen LogP contribution in [-0.2, 0) is 57.6 Å². The average Bonchev–Trinajstić information content (AvgIpc) is 3.55. The number of rotatable bonds is 14. The van der Waals surface area contributed by atoms with Crippen molar-refractivity contribution in [2.24, 2.45) is 8.73 Å². The molecule has 3 aliphatic rings. The molecule has 0 radical (unpaired) electrons. The van der Waals surface area contributed by atoms with Gasteiger partial charge in [0.2, 0.25) is 5.28 Å². The third-order valence-corrected chi connectivity index (χ3v) is 15.0. The van der Waals surface area contributed by atoms with Crippen LogP contribution < -0.4 is 30.1 Å². The number of methoxy groups -OCH3 is 2. The first-order chi connectivity index (χ1) is 39.5. The summed E-state index contributed by atoms with van der Waals surface area (Å²) in [6, 6.07) is 27.1. The second-order valence-electron chi connectivity index (χ2n) is 21.5. The molecule has 0 amide bonds. The monoisotopic (exact) mass is 1290 g/mol. The number of anilines is 3. The third-order valence-electron chi connectivity index (χ3n) is 13.2. The van der Waals surface area contributed by atoms with E-state index in [1.807, 2.05) is 82.3 Å². The molecule has 2 atom stereocenters. The van der Waals surface area contributed by atoms with Crippen molar-refractivity contribution in [1.82, 2.24) is 29.9 Å². The number of benzene rings is 2. The van der Waals surface area contributed by atoms with E-state index in [1.165, 1.54) is 5.56 Å². The standard InChI is InChI=1S/C24H29ClN6O3S.C20H25BClNO3.C11H17ClN4O2S.C2H4Cl2/c1-16-15-34-10-9-31(16)23-13-22(30-35(3,4)32)28-24(29-23)18-11-20(25)27-21(12-18)26-14-17-5-7-19(33-2)8-6-17;1-19(2)20(3,4)26-21(25-19)15-12-16(23-18(22)13-15)9-6-14-7-10-17(24-5)11-8-14;1-8-7-18-5-4-16(8)10-6-9(13-11(12)14-10)15-19(2,3)17;1-2(3)4/h5-8,11-13,16H,9-10,14-15H2,1-4H3,(H,26,27);7-8,10-13H,6,9H2,1-5H3;6,8H,4-5,7H2,1-3H3;2H,1H3/t16-;;8-;/m1.1./s1. The molecule has 0 unspecified atom stereocenters. The molecule has 0 aliphatic carbocycles. The van der Waals surface area contributed by atoms with Gasteiger partial charge in [0.05, 0.1) is 63.9 Å². The fourth-order valence-electron chi connectivity index (χ4n) is 8.45. The van der Waals surface area contributed by atoms with Crippen molar-refractivity contribution in [1.29, 1.82) is 0 Å². The van der Waals surface area contributed by atoms with Crippen LogP contribution in [0.15, 0.2) is 93.7 Å². The quantitative estimate of drug-likeness (QED) is 0.0465. The Balaban J connectivity index is 0.000000204. The molecule has 84 heavy (non-hydrogen) atoms. The SMILES string of the molecule is CC(Cl)Cl.COc1ccc(CCc2cc(B3OC(C)(C)C(C)(C)O3)cc(Cl)n2)cc1.COc1ccc(CNc2cc(-c3nc(N=S(C)(C)=O)cc(N4CCOC[C@H]4C)n3)cc(Cl)n2)cc1.C[C@@H]1COCCN1c1cc(N=S(C)(C)=O)nc(Cl)n1. The van der Waals surface area contributed by atoms with E-state index in [1.54, 1.807) is 64.4 Å². The molecule has 0 saturated carbocycles. The van der Waals surface area contributed by atoms with Gasteiger partial charge in [-0.25, -0.2) is 33.3 Å². The Labute approximate surface area is 521 Å². The Bertz CT molecular complexity index is 3380. The Morgan fingerprint density at radius 3 is 1.65 bits per heavy atom. The van der Waals surface area contributed by atoms with Crippen LogP contribution in [0.2, 0.25) is 15.6 Å². The van der Waals surface area contributed by atoms with Crippen LogP contribution in [0, 0.1) is 0 Å². The molecular formula is C57H75BCl5N11O8S2. The number of halogens is 5. The molecule has 2 aromatic carbocycles. The lowest BCUT2D eigenvalue weighted by atomic mass is 9.79. The van der Waals surface area contributed by atoms with Gasteiger partial charge in [-0.3, -0.25) is 0 Å². The lowest BCUT2D eigenvalue weighted by Crippen LogP contribution is -2.44. The molecule has 27 heteroatoms. The third kappa shape index (κ3) is 21.5. The van der Waals surface area contributed by atoms with Gasteiger partial charge in [-0.05, 0) is 138 Å². The number of nitrogens with one attached hydrogen (secondary N) is 1. The van der Waals surface area contributed by atoms with Gasteiger partial charge in [0.25, 0.3) is 0 Å². The minimum Gasteiger partial charge on any atom is -0.497 e. The number of hydrogen-bond acceptors (Lipinski definition) is 19. The van der Waals surface area contributed by atoms with E-state index >= 15 is 0 Å². The van der Waals surface area contributed by atoms with Crippen LogP contribution in [0.5, 0.6) is 11.5 Å². The first kappa shape index (κ1) is 68.3. The smallest absolute Gasteiger partial charge is 0.495 e. The molecular weight excluding hydrogens is 1220 g/mol. The van der Waals surface area contributed by atoms with E-state index in [4.69, 9.17) is 91.2 Å². The van der Waals surface area contributed by atoms with E-state index in [0.717, 1.165) is 47.6 Å². The molecule has 3 saturated heterocycles. The molecule has 0 spiro atoms. The zero-order valence-electron chi connectivity index (χ0n) is 49.7. The molecule has 0 bridgehead atoms. The Hall–Kier alpha value is -4.85. The Morgan fingerprint density at radius 1 is 0.667 bits per heavy atom. The van der Waals surface area contributed by atoms with Crippen molar-refractivity contribution in [3.05, 3.63) is 117 Å². The normalized spacial score (nSPS) is 17.4. The lowest BCUT2D eigenvalue weighted by molar-refractivity contribution is 0.00578. The molecule has 9 rings (SSSR count). The van der Waals surface area contributed by atoms with E-state index in [-0.39, 0.29) is 33.4 Å². The number of hydrogen-bond donors (Lipinski definition) is 1. The highest BCUT2D eigenvalue weighted by Crippen LogP contribution is 2.37. The molecule has 7 heterocycles. The maximum atomic E-state index is 12.4. The summed E-state index contributed by atoms with van der Waals surface area (Å²) in [6.45, 7) is 18.5. The summed E-state index contributed by atoms with van der Waals surface area (Å²) < 4.78 is 66.2. The topological polar surface area (TPSA) is 210 Å². The van der Waals surface area contributed by atoms with Gasteiger partial charge < -0.3 is 43.4 Å². The van der Waals surface area contributed by atoms with Crippen LogP contribution in [0.4, 0.5) is 29.1 Å². The van der Waals surface area contributed by atoms with Gasteiger partial charge in [0.15, 0.2) is 17.5 Å². The van der Waals surface area contributed by atoms with Crippen molar-refractivity contribution >= 4 is 119 Å². The number of aromatic nitrogens is 6. The van der Waals surface area contributed by atoms with E-state index < -0.39 is 26.6 Å². The Kier molecular flexibility index (Phi) is 24.9. The summed E-state index contributed by atoms with van der Waals surface area (Å²) in [7, 11) is -1.81. The number of morpholine rings is 2. The Morgan fingerprint density at radius 2 is 1.15 bits per heavy atom. The van der Waals surface area contributed by atoms with Crippen molar-refractivity contribution in [3.8, 4) is 22.9 Å². The molecule has 3 fully saturated rings. The predicted molar refractivity (Wildman–Crippen MR) is 344 cm³/mol. The summed E-state index contributed by atoms with van der Waals surface area (Å²) in [5, 5.41) is 4.18. The second kappa shape index (κ2) is 30.7. The number of aryl methyl sites for hydroxylation is 2. The molecule has 19 nitrogen and oxygen atoms in total. The van der Waals surface area contributed by atoms with Gasteiger partial charge in [0.1, 0.15) is 44.1 Å². The predicted octanol–water partition coefficient (Wildman–Crippen LogP) is 11.7. The first-order valence-electron chi connectivity index (χ1n) is 26.9. The van der Waals surface area contributed by atoms with Crippen LogP contribution in [-0.4, -0.2) is 152 Å². The highest BCUT2D eigenvalue weighted by atomic mass is 35.5. The zero-order valence-corrected chi connectivity index (χ0v) is 55.1. The van der Waals surface area contributed by atoms with E-state index in [9.17, 15) is 8.42 Å². The summed E-state index contributed by atoms with van der Waals surface area (Å²) >= 11 is 28.6. The minimum absolute atomic E-state index is 0.110. The average molecular weight is 1290 g/mol. The lowest BCUT2D eigenvalue weighted by Gasteiger charge is -2.34. The van der Waals surface area contributed by atoms with Gasteiger partial charge in [0, 0.05) is 87.5 Å². The molecule has 1 N–H and O–H groups in total. The molecule has 456 valence electrons. The van der Waals surface area contributed by atoms with E-state index in [2.05, 4.69) is 74.7 Å². The highest BCUT2D eigenvalue weighted by Gasteiger charge is 2.52. The second-order valence-corrected chi connectivity index (χ2v) is 29.2. The summed E-state index contributed by atoms with van der Waals surface area (Å²) in [4.78, 5) is 30.4. The van der Waals surface area contributed by atoms with E-state index in [0.29, 0.717) is 90.3 Å². The fraction of sp³-hybridized carbons (Fsp3) is 0.474. The molecule has 3 aliphatic heterocycles. The van der Waals surface area contributed by atoms with Crippen LogP contribution in [0.3, 0.4) is 0 Å². The fourth-order valence-corrected chi connectivity index (χ4v) is 10.2. The van der Waals surface area contributed by atoms with Crippen molar-refractivity contribution in [2.75, 3.05) is 93.9 Å². The van der Waals surface area contributed by atoms with Crippen molar-refractivity contribution in [3.63, 3.8) is 0 Å². The number of pyridine rings is 2. The number of alkyl halides is 2. The largest absolute Gasteiger partial charge is 0.497 e. The number of nitrogens with zero attached hydrogens (tertiary/aromatic N) is 10. The highest BCUT2D eigenvalue weighted by molar-refractivity contribution is 7.92. The minimum atomic E-state index is -2.42. The van der Waals surface area contributed by atoms with Crippen molar-refractivity contribution < 1.29 is 36.7 Å². The van der Waals surface area contributed by atoms with Gasteiger partial charge in [-0.15, -0.1) is 23.2 Å². The van der Waals surface area contributed by atoms with Crippen LogP contribution in [0.1, 0.15) is 65.3 Å². The summed E-state index contributed by atoms with van der Waals surface area (Å²) in [5.74, 6) is 4.78. The zero-order chi connectivity index (χ0) is 61.6. The van der Waals surface area contributed by atoms with Crippen LogP contribution in [0.25, 0.3) is 11.4 Å². The van der Waals surface area contributed by atoms with Gasteiger partial charge in [-0.2, -0.15) is 13.7 Å². The molecule has 6 aromatic rings. The van der Waals surface area contributed by atoms with Gasteiger partial charge >= 0.3 is 7.12 Å². The molecule has 4 aromatic heterocycles. The maximum absolute atomic E-state index is 12.4. The first-order valence-corrected chi connectivity index (χ1v) is 33.6. The maximum Gasteiger partial charge on any atom is 0.495 e. The van der Waals surface area contributed by atoms with Crippen molar-refractivity contribution in [2.45, 2.75) is 96.0 Å².